The summed E-state index contributed by atoms with van der Waals surface area (Å²) >= 11 is 1.36. The Morgan fingerprint density at radius 1 is 1.31 bits per heavy atom. The molecule has 0 bridgehead atoms. The quantitative estimate of drug-likeness (QED) is 0.402. The summed E-state index contributed by atoms with van der Waals surface area (Å²) in [6.07, 6.45) is 0.805. The van der Waals surface area contributed by atoms with Crippen LogP contribution in [-0.2, 0) is 17.4 Å². The van der Waals surface area contributed by atoms with E-state index in [-0.39, 0.29) is 29.6 Å². The Kier molecular flexibility index (Phi) is 4.34. The summed E-state index contributed by atoms with van der Waals surface area (Å²) in [5.41, 5.74) is 3.57. The number of alkyl halides is 2. The molecule has 2 aliphatic carbocycles. The number of benzene rings is 1. The molecular weight excluding hydrogens is 430 g/mol. The molecule has 0 amide bonds. The van der Waals surface area contributed by atoms with Crippen LogP contribution < -0.4 is 0 Å². The van der Waals surface area contributed by atoms with Gasteiger partial charge < -0.3 is 0 Å². The number of hydrogen-bond acceptors (Lipinski definition) is 5. The van der Waals surface area contributed by atoms with Gasteiger partial charge in [-0.25, -0.2) is 18.3 Å². The van der Waals surface area contributed by atoms with E-state index in [1.54, 1.807) is 18.4 Å². The highest BCUT2D eigenvalue weighted by molar-refractivity contribution is 7.16. The van der Waals surface area contributed by atoms with E-state index in [4.69, 9.17) is 0 Å². The van der Waals surface area contributed by atoms with Crippen LogP contribution in [-0.4, -0.2) is 20.5 Å². The Balaban J connectivity index is 1.63. The van der Waals surface area contributed by atoms with Gasteiger partial charge in [-0.2, -0.15) is 5.10 Å². The minimum absolute atomic E-state index is 0.0236. The SMILES string of the molecule is CCc1ccc(-c2c(C)nc3sc(C(C)(C)N=O)nn23)cc1C1(C)C(C)C12CC(F)(F)C2. The monoisotopic (exact) mass is 458 g/mol. The van der Waals surface area contributed by atoms with Gasteiger partial charge in [-0.3, -0.25) is 0 Å². The summed E-state index contributed by atoms with van der Waals surface area (Å²) in [6, 6.07) is 6.35. The predicted molar refractivity (Wildman–Crippen MR) is 122 cm³/mol. The lowest BCUT2D eigenvalue weighted by molar-refractivity contribution is -0.132. The number of nitroso groups, excluding NO2 is 1. The number of rotatable bonds is 5. The summed E-state index contributed by atoms with van der Waals surface area (Å²) in [6.45, 7) is 11.8. The van der Waals surface area contributed by atoms with Crippen molar-refractivity contribution in [3.05, 3.63) is 44.9 Å². The topological polar surface area (TPSA) is 59.6 Å². The van der Waals surface area contributed by atoms with Crippen LogP contribution in [0.25, 0.3) is 16.2 Å². The predicted octanol–water partition coefficient (Wildman–Crippen LogP) is 6.65. The van der Waals surface area contributed by atoms with E-state index in [0.717, 1.165) is 23.4 Å². The number of fused-ring (bicyclic) bond motifs is 1. The average molecular weight is 459 g/mol. The summed E-state index contributed by atoms with van der Waals surface area (Å²) in [7, 11) is 0. The molecule has 0 N–H and O–H groups in total. The third-order valence-electron chi connectivity index (χ3n) is 8.25. The Morgan fingerprint density at radius 2 is 2.00 bits per heavy atom. The van der Waals surface area contributed by atoms with Gasteiger partial charge in [-0.15, -0.1) is 4.91 Å². The number of imidazole rings is 1. The van der Waals surface area contributed by atoms with Crippen LogP contribution in [0.4, 0.5) is 8.78 Å². The first-order valence-corrected chi connectivity index (χ1v) is 11.9. The maximum Gasteiger partial charge on any atom is 0.249 e. The van der Waals surface area contributed by atoms with E-state index >= 15 is 0 Å². The van der Waals surface area contributed by atoms with Crippen molar-refractivity contribution < 1.29 is 8.78 Å². The number of aryl methyl sites for hydroxylation is 2. The largest absolute Gasteiger partial charge is 0.249 e. The van der Waals surface area contributed by atoms with Crippen molar-refractivity contribution in [2.24, 2.45) is 16.5 Å². The van der Waals surface area contributed by atoms with Crippen molar-refractivity contribution in [2.45, 2.75) is 77.7 Å². The third-order valence-corrected chi connectivity index (χ3v) is 9.47. The highest BCUT2D eigenvalue weighted by Gasteiger charge is 2.80. The van der Waals surface area contributed by atoms with Crippen LogP contribution >= 0.6 is 11.3 Å². The fourth-order valence-corrected chi connectivity index (χ4v) is 7.03. The smallest absolute Gasteiger partial charge is 0.222 e. The molecule has 5 nitrogen and oxygen atoms in total. The Labute approximate surface area is 190 Å². The van der Waals surface area contributed by atoms with Gasteiger partial charge in [0.2, 0.25) is 10.9 Å². The van der Waals surface area contributed by atoms with Crippen molar-refractivity contribution in [3.8, 4) is 11.3 Å². The van der Waals surface area contributed by atoms with Gasteiger partial charge >= 0.3 is 0 Å². The van der Waals surface area contributed by atoms with Gasteiger partial charge in [0, 0.05) is 23.8 Å². The second kappa shape index (κ2) is 6.43. The van der Waals surface area contributed by atoms with Crippen molar-refractivity contribution in [1.82, 2.24) is 14.6 Å². The lowest BCUT2D eigenvalue weighted by Crippen LogP contribution is -2.41. The Bertz CT molecular complexity index is 1250. The van der Waals surface area contributed by atoms with E-state index < -0.39 is 11.5 Å². The van der Waals surface area contributed by atoms with E-state index in [0.29, 0.717) is 9.97 Å². The number of nitrogens with zero attached hydrogens (tertiary/aromatic N) is 4. The molecule has 2 aromatic heterocycles. The van der Waals surface area contributed by atoms with Crippen LogP contribution in [0.15, 0.2) is 23.4 Å². The summed E-state index contributed by atoms with van der Waals surface area (Å²) in [5.74, 6) is -2.33. The van der Waals surface area contributed by atoms with Crippen LogP contribution in [0.3, 0.4) is 0 Å². The van der Waals surface area contributed by atoms with E-state index in [1.165, 1.54) is 22.5 Å². The van der Waals surface area contributed by atoms with Crippen LogP contribution in [0.2, 0.25) is 0 Å². The van der Waals surface area contributed by atoms with Crippen LogP contribution in [0, 0.1) is 23.2 Å². The summed E-state index contributed by atoms with van der Waals surface area (Å²) in [4.78, 5) is 16.7. The van der Waals surface area contributed by atoms with E-state index in [1.807, 2.05) is 6.92 Å². The maximum atomic E-state index is 13.9. The molecule has 0 aliphatic heterocycles. The molecule has 0 saturated heterocycles. The zero-order valence-electron chi connectivity index (χ0n) is 19.3. The van der Waals surface area contributed by atoms with Gasteiger partial charge in [-0.1, -0.05) is 49.4 Å². The lowest BCUT2D eigenvalue weighted by atomic mass is 9.69. The molecule has 170 valence electrons. The first-order chi connectivity index (χ1) is 14.9. The summed E-state index contributed by atoms with van der Waals surface area (Å²) in [5, 5.41) is 8.50. The molecule has 3 aromatic rings. The molecular formula is C24H28F2N4OS. The molecule has 32 heavy (non-hydrogen) atoms. The van der Waals surface area contributed by atoms with Crippen molar-refractivity contribution in [2.75, 3.05) is 0 Å². The normalized spacial score (nSPS) is 25.8. The van der Waals surface area contributed by atoms with Gasteiger partial charge in [0.15, 0.2) is 5.54 Å². The molecule has 2 heterocycles. The molecule has 2 unspecified atom stereocenters. The van der Waals surface area contributed by atoms with Crippen LogP contribution in [0.1, 0.15) is 69.3 Å². The van der Waals surface area contributed by atoms with Crippen LogP contribution in [0.5, 0.6) is 0 Å². The third kappa shape index (κ3) is 2.65. The minimum atomic E-state index is -2.54. The second-order valence-electron chi connectivity index (χ2n) is 10.3. The molecule has 2 aliphatic rings. The second-order valence-corrected chi connectivity index (χ2v) is 11.3. The van der Waals surface area contributed by atoms with Gasteiger partial charge in [0.05, 0.1) is 11.4 Å². The standard InChI is InChI=1S/C24H28F2N4OS/c1-7-15-8-9-16(10-17(15)22(6)14(3)23(22)11-24(25,26)12-23)18-13(2)27-20-30(18)28-19(32-20)21(4,5)29-31/h8-10,14H,7,11-12H2,1-6H3. The number of hydrogen-bond donors (Lipinski definition) is 0. The van der Waals surface area contributed by atoms with Crippen molar-refractivity contribution in [1.29, 1.82) is 0 Å². The highest BCUT2D eigenvalue weighted by Crippen LogP contribution is 2.81. The van der Waals surface area contributed by atoms with Gasteiger partial charge in [-0.05, 0) is 55.7 Å². The fraction of sp³-hybridized carbons (Fsp3) is 0.583. The minimum Gasteiger partial charge on any atom is -0.222 e. The zero-order valence-corrected chi connectivity index (χ0v) is 20.1. The van der Waals surface area contributed by atoms with Crippen molar-refractivity contribution in [3.63, 3.8) is 0 Å². The molecule has 1 aromatic carbocycles. The highest BCUT2D eigenvalue weighted by atomic mass is 32.1. The Hall–Kier alpha value is -2.22. The average Bonchev–Trinajstić information content (AvgIpc) is 3.05. The summed E-state index contributed by atoms with van der Waals surface area (Å²) < 4.78 is 29.6. The molecule has 0 radical (unpaired) electrons. The molecule has 8 heteroatoms. The zero-order chi connectivity index (χ0) is 23.3. The molecule has 1 spiro atoms. The molecule has 5 rings (SSSR count). The molecule has 2 saturated carbocycles. The molecule has 2 atom stereocenters. The fourth-order valence-electron chi connectivity index (χ4n) is 6.05. The first kappa shape index (κ1) is 21.6. The number of halogens is 2. The maximum absolute atomic E-state index is 13.9. The first-order valence-electron chi connectivity index (χ1n) is 11.1. The molecule has 2 fully saturated rings. The van der Waals surface area contributed by atoms with E-state index in [9.17, 15) is 13.7 Å². The number of aromatic nitrogens is 3. The van der Waals surface area contributed by atoms with Gasteiger partial charge in [0.25, 0.3) is 0 Å². The lowest BCUT2D eigenvalue weighted by Gasteiger charge is -2.40. The van der Waals surface area contributed by atoms with Crippen molar-refractivity contribution >= 4 is 16.3 Å². The Morgan fingerprint density at radius 3 is 2.59 bits per heavy atom. The van der Waals surface area contributed by atoms with E-state index in [2.05, 4.69) is 54.2 Å². The van der Waals surface area contributed by atoms with Gasteiger partial charge in [0.1, 0.15) is 5.01 Å².